The van der Waals surface area contributed by atoms with E-state index in [0.717, 1.165) is 9.13 Å². The summed E-state index contributed by atoms with van der Waals surface area (Å²) in [6.45, 7) is 0. The third-order valence-electron chi connectivity index (χ3n) is 3.58. The monoisotopic (exact) mass is 393 g/mol. The van der Waals surface area contributed by atoms with Gasteiger partial charge in [-0.05, 0) is 28.1 Å². The highest BCUT2D eigenvalue weighted by Crippen LogP contribution is 2.28. The van der Waals surface area contributed by atoms with E-state index in [1.165, 1.54) is 20.3 Å². The summed E-state index contributed by atoms with van der Waals surface area (Å²) in [5, 5.41) is 10.0. The second-order valence-corrected chi connectivity index (χ2v) is 5.98. The number of aromatic nitrogens is 4. The lowest BCUT2D eigenvalue weighted by atomic mass is 10.2. The zero-order valence-corrected chi connectivity index (χ0v) is 14.2. The minimum absolute atomic E-state index is 0.117. The van der Waals surface area contributed by atoms with Crippen LogP contribution in [-0.2, 0) is 14.1 Å². The van der Waals surface area contributed by atoms with Crippen LogP contribution in [0.2, 0.25) is 0 Å². The van der Waals surface area contributed by atoms with Gasteiger partial charge >= 0.3 is 11.4 Å². The SMILES string of the molecule is Cn1c(O)c(C=Nc2cc3[nH]c(=O)[nH]c3cc2Br)c(=O)n(C)c1=O. The lowest BCUT2D eigenvalue weighted by Gasteiger charge is -2.07. The Kier molecular flexibility index (Phi) is 3.76. The summed E-state index contributed by atoms with van der Waals surface area (Å²) >= 11 is 3.33. The van der Waals surface area contributed by atoms with Crippen LogP contribution in [0, 0.1) is 0 Å². The molecule has 3 aromatic rings. The number of halogens is 1. The minimum atomic E-state index is -0.661. The summed E-state index contributed by atoms with van der Waals surface area (Å²) in [7, 11) is 2.66. The van der Waals surface area contributed by atoms with Crippen LogP contribution in [-0.4, -0.2) is 30.4 Å². The molecule has 9 nitrogen and oxygen atoms in total. The Morgan fingerprint density at radius 3 is 2.42 bits per heavy atom. The highest BCUT2D eigenvalue weighted by Gasteiger charge is 2.13. The number of hydrogen-bond donors (Lipinski definition) is 3. The van der Waals surface area contributed by atoms with Crippen LogP contribution in [0.3, 0.4) is 0 Å². The number of nitrogens with zero attached hydrogens (tertiary/aromatic N) is 3. The maximum Gasteiger partial charge on any atom is 0.333 e. The molecule has 0 saturated carbocycles. The molecular weight excluding hydrogens is 382 g/mol. The van der Waals surface area contributed by atoms with Crippen molar-refractivity contribution >= 4 is 38.9 Å². The van der Waals surface area contributed by atoms with E-state index in [9.17, 15) is 19.5 Å². The van der Waals surface area contributed by atoms with Crippen molar-refractivity contribution in [3.8, 4) is 5.88 Å². The van der Waals surface area contributed by atoms with E-state index in [2.05, 4.69) is 30.9 Å². The van der Waals surface area contributed by atoms with Crippen LogP contribution in [0.25, 0.3) is 11.0 Å². The predicted octanol–water partition coefficient (Wildman–Crippen LogP) is 0.472. The second kappa shape index (κ2) is 5.64. The summed E-state index contributed by atoms with van der Waals surface area (Å²) in [6.07, 6.45) is 1.17. The first-order valence-corrected chi connectivity index (χ1v) is 7.53. The normalized spacial score (nSPS) is 11.6. The first kappa shape index (κ1) is 16.0. The molecule has 10 heteroatoms. The third kappa shape index (κ3) is 2.50. The molecule has 2 heterocycles. The molecule has 1 aromatic carbocycles. The molecule has 3 N–H and O–H groups in total. The Hall–Kier alpha value is -2.88. The van der Waals surface area contributed by atoms with E-state index in [1.54, 1.807) is 12.1 Å². The number of imidazole rings is 1. The zero-order valence-electron chi connectivity index (χ0n) is 12.6. The van der Waals surface area contributed by atoms with Gasteiger partial charge in [0.15, 0.2) is 0 Å². The Morgan fingerprint density at radius 2 is 1.75 bits per heavy atom. The number of fused-ring (bicyclic) bond motifs is 1. The molecule has 0 amide bonds. The molecule has 2 aromatic heterocycles. The maximum atomic E-state index is 12.1. The molecule has 0 fully saturated rings. The Bertz CT molecular complexity index is 1160. The van der Waals surface area contributed by atoms with Crippen molar-refractivity contribution in [3.63, 3.8) is 0 Å². The number of aliphatic imine (C=N–C) groups is 1. The van der Waals surface area contributed by atoms with E-state index in [0.29, 0.717) is 21.2 Å². The molecule has 3 rings (SSSR count). The fraction of sp³-hybridized carbons (Fsp3) is 0.143. The summed E-state index contributed by atoms with van der Waals surface area (Å²) in [4.78, 5) is 44.5. The molecular formula is C14H12BrN5O4. The lowest BCUT2D eigenvalue weighted by Crippen LogP contribution is -2.38. The van der Waals surface area contributed by atoms with Gasteiger partial charge in [-0.15, -0.1) is 0 Å². The summed E-state index contributed by atoms with van der Waals surface area (Å²) in [6, 6.07) is 3.27. The minimum Gasteiger partial charge on any atom is -0.494 e. The number of H-pyrrole nitrogens is 2. The Balaban J connectivity index is 2.16. The maximum absolute atomic E-state index is 12.1. The number of rotatable bonds is 2. The predicted molar refractivity (Wildman–Crippen MR) is 92.5 cm³/mol. The fourth-order valence-electron chi connectivity index (χ4n) is 2.25. The Morgan fingerprint density at radius 1 is 1.12 bits per heavy atom. The van der Waals surface area contributed by atoms with Crippen LogP contribution in [0.1, 0.15) is 5.56 Å². The van der Waals surface area contributed by atoms with Gasteiger partial charge in [-0.2, -0.15) is 0 Å². The lowest BCUT2D eigenvalue weighted by molar-refractivity contribution is 0.410. The zero-order chi connectivity index (χ0) is 17.6. The van der Waals surface area contributed by atoms with Crippen molar-refractivity contribution < 1.29 is 5.11 Å². The molecule has 0 aliphatic heterocycles. The second-order valence-electron chi connectivity index (χ2n) is 5.13. The number of aromatic amines is 2. The molecule has 0 saturated heterocycles. The van der Waals surface area contributed by atoms with Crippen molar-refractivity contribution in [1.29, 1.82) is 0 Å². The van der Waals surface area contributed by atoms with E-state index < -0.39 is 17.1 Å². The van der Waals surface area contributed by atoms with Gasteiger partial charge in [0.25, 0.3) is 5.56 Å². The van der Waals surface area contributed by atoms with Crippen molar-refractivity contribution in [3.05, 3.63) is 53.5 Å². The standard InChI is InChI=1S/C14H12BrN5O4/c1-19-11(21)6(12(22)20(2)14(19)24)5-16-8-4-10-9(3-7(8)15)17-13(23)18-10/h3-5,21H,1-2H3,(H2,17,18,23). The first-order chi connectivity index (χ1) is 11.3. The van der Waals surface area contributed by atoms with E-state index in [4.69, 9.17) is 0 Å². The van der Waals surface area contributed by atoms with E-state index >= 15 is 0 Å². The summed E-state index contributed by atoms with van der Waals surface area (Å²) in [5.74, 6) is -0.473. The molecule has 0 aliphatic rings. The van der Waals surface area contributed by atoms with Gasteiger partial charge in [-0.25, -0.2) is 9.59 Å². The van der Waals surface area contributed by atoms with E-state index in [1.807, 2.05) is 0 Å². The van der Waals surface area contributed by atoms with Crippen molar-refractivity contribution in [2.45, 2.75) is 0 Å². The van der Waals surface area contributed by atoms with Gasteiger partial charge in [0.2, 0.25) is 5.88 Å². The van der Waals surface area contributed by atoms with Crippen LogP contribution in [0.5, 0.6) is 5.88 Å². The number of aromatic hydroxyl groups is 1. The average molecular weight is 394 g/mol. The third-order valence-corrected chi connectivity index (χ3v) is 4.22. The van der Waals surface area contributed by atoms with Crippen LogP contribution < -0.4 is 16.9 Å². The Labute approximate surface area is 142 Å². The quantitative estimate of drug-likeness (QED) is 0.547. The van der Waals surface area contributed by atoms with Gasteiger partial charge in [-0.1, -0.05) is 0 Å². The van der Waals surface area contributed by atoms with Gasteiger partial charge in [0.1, 0.15) is 5.56 Å². The summed E-state index contributed by atoms with van der Waals surface area (Å²) in [5.41, 5.74) is -0.168. The molecule has 0 radical (unpaired) electrons. The number of benzene rings is 1. The number of nitrogens with one attached hydrogen (secondary N) is 2. The molecule has 0 spiro atoms. The molecule has 24 heavy (non-hydrogen) atoms. The van der Waals surface area contributed by atoms with Crippen molar-refractivity contribution in [2.24, 2.45) is 19.1 Å². The topological polar surface area (TPSA) is 125 Å². The molecule has 0 atom stereocenters. The highest BCUT2D eigenvalue weighted by molar-refractivity contribution is 9.10. The smallest absolute Gasteiger partial charge is 0.333 e. The van der Waals surface area contributed by atoms with Crippen LogP contribution in [0.4, 0.5) is 5.69 Å². The number of hydrogen-bond acceptors (Lipinski definition) is 5. The van der Waals surface area contributed by atoms with Crippen LogP contribution >= 0.6 is 15.9 Å². The molecule has 124 valence electrons. The van der Waals surface area contributed by atoms with Crippen molar-refractivity contribution in [1.82, 2.24) is 19.1 Å². The van der Waals surface area contributed by atoms with Gasteiger partial charge in [-0.3, -0.25) is 18.9 Å². The average Bonchev–Trinajstić information content (AvgIpc) is 2.90. The van der Waals surface area contributed by atoms with E-state index in [-0.39, 0.29) is 11.3 Å². The van der Waals surface area contributed by atoms with Gasteiger partial charge in [0.05, 0.1) is 16.7 Å². The van der Waals surface area contributed by atoms with Crippen molar-refractivity contribution in [2.75, 3.05) is 0 Å². The van der Waals surface area contributed by atoms with Gasteiger partial charge < -0.3 is 15.1 Å². The summed E-state index contributed by atoms with van der Waals surface area (Å²) < 4.78 is 2.41. The van der Waals surface area contributed by atoms with Crippen LogP contribution in [0.15, 0.2) is 36.0 Å². The first-order valence-electron chi connectivity index (χ1n) is 6.74. The molecule has 0 aliphatic carbocycles. The fourth-order valence-corrected chi connectivity index (χ4v) is 2.70. The molecule has 0 unspecified atom stereocenters. The largest absolute Gasteiger partial charge is 0.494 e. The molecule has 0 bridgehead atoms. The van der Waals surface area contributed by atoms with Gasteiger partial charge in [0, 0.05) is 24.8 Å². The highest BCUT2D eigenvalue weighted by atomic mass is 79.9.